The monoisotopic (exact) mass is 194 g/mol. The van der Waals surface area contributed by atoms with Crippen molar-refractivity contribution in [3.8, 4) is 0 Å². The van der Waals surface area contributed by atoms with Crippen molar-refractivity contribution < 1.29 is 9.50 Å². The van der Waals surface area contributed by atoms with Gasteiger partial charge in [0.1, 0.15) is 5.82 Å². The van der Waals surface area contributed by atoms with Crippen LogP contribution in [0.4, 0.5) is 4.39 Å². The third-order valence-corrected chi connectivity index (χ3v) is 2.88. The van der Waals surface area contributed by atoms with E-state index in [9.17, 15) is 4.39 Å². The summed E-state index contributed by atoms with van der Waals surface area (Å²) in [6, 6.07) is 5.36. The van der Waals surface area contributed by atoms with Crippen molar-refractivity contribution in [2.45, 2.75) is 31.6 Å². The van der Waals surface area contributed by atoms with Crippen molar-refractivity contribution in [3.05, 3.63) is 35.1 Å². The molecular formula is C12H15FO. The first-order chi connectivity index (χ1) is 6.72. The molecule has 0 saturated heterocycles. The van der Waals surface area contributed by atoms with Gasteiger partial charge in [-0.25, -0.2) is 4.39 Å². The van der Waals surface area contributed by atoms with Gasteiger partial charge >= 0.3 is 0 Å². The van der Waals surface area contributed by atoms with E-state index in [-0.39, 0.29) is 18.3 Å². The van der Waals surface area contributed by atoms with Crippen LogP contribution >= 0.6 is 0 Å². The summed E-state index contributed by atoms with van der Waals surface area (Å²) in [5.74, 6) is 0.372. The standard InChI is InChI=1S/C12H15FO/c1-8(7-14)10-4-5-11(9-2-3-9)12(13)6-10/h4-6,8-9,14H,2-3,7H2,1H3. The summed E-state index contributed by atoms with van der Waals surface area (Å²) in [5.41, 5.74) is 1.73. The molecule has 2 rings (SSSR count). The van der Waals surface area contributed by atoms with Gasteiger partial charge < -0.3 is 5.11 Å². The van der Waals surface area contributed by atoms with Crippen LogP contribution in [-0.2, 0) is 0 Å². The molecule has 1 aromatic carbocycles. The van der Waals surface area contributed by atoms with Crippen molar-refractivity contribution in [2.24, 2.45) is 0 Å². The number of aliphatic hydroxyl groups is 1. The molecule has 1 nitrogen and oxygen atoms in total. The van der Waals surface area contributed by atoms with E-state index in [2.05, 4.69) is 0 Å². The second-order valence-corrected chi connectivity index (χ2v) is 4.14. The highest BCUT2D eigenvalue weighted by Gasteiger charge is 2.26. The minimum absolute atomic E-state index is 0.0257. The third kappa shape index (κ3) is 1.80. The Balaban J connectivity index is 2.25. The van der Waals surface area contributed by atoms with Gasteiger partial charge in [0.05, 0.1) is 0 Å². The molecule has 1 N–H and O–H groups in total. The van der Waals surface area contributed by atoms with Gasteiger partial charge in [-0.2, -0.15) is 0 Å². The maximum atomic E-state index is 13.6. The Bertz CT molecular complexity index is 331. The molecule has 1 aliphatic rings. The zero-order valence-corrected chi connectivity index (χ0v) is 8.33. The Morgan fingerprint density at radius 1 is 1.50 bits per heavy atom. The second-order valence-electron chi connectivity index (χ2n) is 4.14. The summed E-state index contributed by atoms with van der Waals surface area (Å²) in [6.07, 6.45) is 2.23. The maximum Gasteiger partial charge on any atom is 0.126 e. The number of hydrogen-bond donors (Lipinski definition) is 1. The smallest absolute Gasteiger partial charge is 0.126 e. The van der Waals surface area contributed by atoms with Crippen LogP contribution in [0.1, 0.15) is 42.7 Å². The van der Waals surface area contributed by atoms with Gasteiger partial charge in [-0.3, -0.25) is 0 Å². The minimum atomic E-state index is -0.106. The van der Waals surface area contributed by atoms with Gasteiger partial charge in [0.15, 0.2) is 0 Å². The predicted octanol–water partition coefficient (Wildman–Crippen LogP) is 2.80. The van der Waals surface area contributed by atoms with Crippen LogP contribution < -0.4 is 0 Å². The topological polar surface area (TPSA) is 20.2 Å². The van der Waals surface area contributed by atoms with Crippen LogP contribution in [-0.4, -0.2) is 11.7 Å². The zero-order chi connectivity index (χ0) is 10.1. The van der Waals surface area contributed by atoms with Crippen molar-refractivity contribution in [2.75, 3.05) is 6.61 Å². The van der Waals surface area contributed by atoms with Gasteiger partial charge in [0.2, 0.25) is 0 Å². The lowest BCUT2D eigenvalue weighted by molar-refractivity contribution is 0.273. The Morgan fingerprint density at radius 3 is 2.71 bits per heavy atom. The highest BCUT2D eigenvalue weighted by atomic mass is 19.1. The first-order valence-corrected chi connectivity index (χ1v) is 5.12. The van der Waals surface area contributed by atoms with Crippen LogP contribution in [0, 0.1) is 5.82 Å². The molecule has 0 radical (unpaired) electrons. The molecule has 1 atom stereocenters. The number of hydrogen-bond acceptors (Lipinski definition) is 1. The van der Waals surface area contributed by atoms with E-state index in [1.54, 1.807) is 6.07 Å². The van der Waals surface area contributed by atoms with Gasteiger partial charge in [-0.05, 0) is 36.0 Å². The first-order valence-electron chi connectivity index (χ1n) is 5.12. The van der Waals surface area contributed by atoms with Crippen molar-refractivity contribution in [1.82, 2.24) is 0 Å². The molecule has 0 amide bonds. The fourth-order valence-corrected chi connectivity index (χ4v) is 1.68. The maximum absolute atomic E-state index is 13.6. The van der Waals surface area contributed by atoms with Crippen molar-refractivity contribution in [1.29, 1.82) is 0 Å². The molecular weight excluding hydrogens is 179 g/mol. The average Bonchev–Trinajstić information content (AvgIpc) is 3.00. The summed E-state index contributed by atoms with van der Waals surface area (Å²) in [6.45, 7) is 1.97. The quantitative estimate of drug-likeness (QED) is 0.784. The Labute approximate surface area is 83.6 Å². The minimum Gasteiger partial charge on any atom is -0.396 e. The SMILES string of the molecule is CC(CO)c1ccc(C2CC2)c(F)c1. The van der Waals surface area contributed by atoms with Crippen LogP contribution in [0.2, 0.25) is 0 Å². The zero-order valence-electron chi connectivity index (χ0n) is 8.33. The molecule has 1 aromatic rings. The highest BCUT2D eigenvalue weighted by Crippen LogP contribution is 2.41. The predicted molar refractivity (Wildman–Crippen MR) is 53.9 cm³/mol. The van der Waals surface area contributed by atoms with E-state index in [4.69, 9.17) is 5.11 Å². The van der Waals surface area contributed by atoms with Gasteiger partial charge in [-0.15, -0.1) is 0 Å². The molecule has 14 heavy (non-hydrogen) atoms. The Hall–Kier alpha value is -0.890. The van der Waals surface area contributed by atoms with E-state index in [0.717, 1.165) is 24.0 Å². The number of aliphatic hydroxyl groups excluding tert-OH is 1. The van der Waals surface area contributed by atoms with E-state index in [1.165, 1.54) is 0 Å². The molecule has 76 valence electrons. The van der Waals surface area contributed by atoms with E-state index >= 15 is 0 Å². The molecule has 0 heterocycles. The van der Waals surface area contributed by atoms with Crippen molar-refractivity contribution >= 4 is 0 Å². The second kappa shape index (κ2) is 3.70. The fraction of sp³-hybridized carbons (Fsp3) is 0.500. The van der Waals surface area contributed by atoms with Gasteiger partial charge in [0, 0.05) is 12.5 Å². The van der Waals surface area contributed by atoms with Crippen molar-refractivity contribution in [3.63, 3.8) is 0 Å². The summed E-state index contributed by atoms with van der Waals surface area (Å²) >= 11 is 0. The molecule has 0 bridgehead atoms. The normalized spacial score (nSPS) is 18.2. The molecule has 1 fully saturated rings. The fourth-order valence-electron chi connectivity index (χ4n) is 1.68. The summed E-state index contributed by atoms with van der Waals surface area (Å²) in [4.78, 5) is 0. The lowest BCUT2D eigenvalue weighted by Crippen LogP contribution is -2.00. The van der Waals surface area contributed by atoms with Crippen LogP contribution in [0.5, 0.6) is 0 Å². The Morgan fingerprint density at radius 2 is 2.21 bits per heavy atom. The number of benzene rings is 1. The lowest BCUT2D eigenvalue weighted by atomic mass is 9.99. The van der Waals surface area contributed by atoms with Crippen LogP contribution in [0.3, 0.4) is 0 Å². The molecule has 1 aliphatic carbocycles. The van der Waals surface area contributed by atoms with Gasteiger partial charge in [-0.1, -0.05) is 19.1 Å². The molecule has 0 aliphatic heterocycles. The van der Waals surface area contributed by atoms with Crippen LogP contribution in [0.15, 0.2) is 18.2 Å². The molecule has 0 aromatic heterocycles. The summed E-state index contributed by atoms with van der Waals surface area (Å²) in [7, 11) is 0. The number of rotatable bonds is 3. The average molecular weight is 194 g/mol. The third-order valence-electron chi connectivity index (χ3n) is 2.88. The lowest BCUT2D eigenvalue weighted by Gasteiger charge is -2.09. The van der Waals surface area contributed by atoms with Gasteiger partial charge in [0.25, 0.3) is 0 Å². The molecule has 2 heteroatoms. The first kappa shape index (κ1) is 9.66. The van der Waals surface area contributed by atoms with Crippen LogP contribution in [0.25, 0.3) is 0 Å². The Kier molecular flexibility index (Phi) is 2.55. The van der Waals surface area contributed by atoms with E-state index in [1.807, 2.05) is 19.1 Å². The number of halogens is 1. The highest BCUT2D eigenvalue weighted by molar-refractivity contribution is 5.31. The van der Waals surface area contributed by atoms with E-state index in [0.29, 0.717) is 5.92 Å². The molecule has 0 spiro atoms. The van der Waals surface area contributed by atoms with E-state index < -0.39 is 0 Å². The largest absolute Gasteiger partial charge is 0.396 e. The molecule has 1 saturated carbocycles. The summed E-state index contributed by atoms with van der Waals surface area (Å²) in [5, 5.41) is 8.95. The summed E-state index contributed by atoms with van der Waals surface area (Å²) < 4.78 is 13.6. The molecule has 1 unspecified atom stereocenters.